The van der Waals surface area contributed by atoms with Crippen molar-refractivity contribution in [2.45, 2.75) is 13.0 Å². The lowest BCUT2D eigenvalue weighted by atomic mass is 10.0. The van der Waals surface area contributed by atoms with Gasteiger partial charge in [-0.05, 0) is 28.9 Å². The molecule has 2 N–H and O–H groups in total. The molecule has 3 nitrogen and oxygen atoms in total. The first-order chi connectivity index (χ1) is 6.43. The molecule has 0 saturated heterocycles. The highest BCUT2D eigenvalue weighted by molar-refractivity contribution is 9.10. The fourth-order valence-electron chi connectivity index (χ4n) is 0.891. The Balaban J connectivity index is 2.89. The van der Waals surface area contributed by atoms with Gasteiger partial charge in [0.15, 0.2) is 0 Å². The van der Waals surface area contributed by atoms with Crippen molar-refractivity contribution in [1.29, 1.82) is 0 Å². The Hall–Kier alpha value is -0.100. The molecule has 0 radical (unpaired) electrons. The van der Waals surface area contributed by atoms with E-state index in [1.165, 1.54) is 18.3 Å². The van der Waals surface area contributed by atoms with Crippen LogP contribution in [0.3, 0.4) is 0 Å². The van der Waals surface area contributed by atoms with E-state index >= 15 is 0 Å². The van der Waals surface area contributed by atoms with E-state index in [4.69, 9.17) is 16.7 Å². The summed E-state index contributed by atoms with van der Waals surface area (Å²) >= 11 is 10.1. The Morgan fingerprint density at radius 1 is 1.71 bits per heavy atom. The summed E-state index contributed by atoms with van der Waals surface area (Å²) in [5, 5.41) is 18.3. The molecule has 0 spiro atoms. The van der Waals surface area contributed by atoms with E-state index in [-0.39, 0.29) is 0 Å². The van der Waals surface area contributed by atoms with Crippen molar-refractivity contribution < 1.29 is 15.0 Å². The van der Waals surface area contributed by atoms with Crippen LogP contribution in [0.1, 0.15) is 17.9 Å². The molecule has 0 amide bonds. The van der Waals surface area contributed by atoms with Crippen LogP contribution in [0, 0.1) is 5.92 Å². The zero-order valence-corrected chi connectivity index (χ0v) is 10.4. The molecule has 78 valence electrons. The standard InChI is InChI=1S/C8H8BrClO3S/c1-3(8(12)13)6(11)5-2-4(9)7(10)14-5/h2-3,6,11H,1H3,(H,12,13). The van der Waals surface area contributed by atoms with E-state index in [1.807, 2.05) is 0 Å². The van der Waals surface area contributed by atoms with Gasteiger partial charge in [0.1, 0.15) is 10.4 Å². The van der Waals surface area contributed by atoms with E-state index in [0.29, 0.717) is 13.7 Å². The lowest BCUT2D eigenvalue weighted by Gasteiger charge is -2.12. The smallest absolute Gasteiger partial charge is 0.309 e. The number of rotatable bonds is 3. The molecule has 0 bridgehead atoms. The zero-order valence-electron chi connectivity index (χ0n) is 7.20. The van der Waals surface area contributed by atoms with Crippen LogP contribution in [0.15, 0.2) is 10.5 Å². The summed E-state index contributed by atoms with van der Waals surface area (Å²) in [4.78, 5) is 11.2. The largest absolute Gasteiger partial charge is 0.481 e. The first-order valence-electron chi connectivity index (χ1n) is 3.79. The van der Waals surface area contributed by atoms with Gasteiger partial charge in [-0.25, -0.2) is 0 Å². The van der Waals surface area contributed by atoms with Gasteiger partial charge in [-0.15, -0.1) is 11.3 Å². The summed E-state index contributed by atoms with van der Waals surface area (Å²) < 4.78 is 1.19. The molecule has 1 rings (SSSR count). The molecule has 1 aromatic rings. The third kappa shape index (κ3) is 2.48. The molecule has 0 fully saturated rings. The molecule has 14 heavy (non-hydrogen) atoms. The quantitative estimate of drug-likeness (QED) is 0.902. The summed E-state index contributed by atoms with van der Waals surface area (Å²) in [6.07, 6.45) is -1.01. The van der Waals surface area contributed by atoms with Gasteiger partial charge in [-0.1, -0.05) is 11.6 Å². The maximum absolute atomic E-state index is 10.6. The number of aliphatic hydroxyl groups excluding tert-OH is 1. The van der Waals surface area contributed by atoms with Crippen LogP contribution in [-0.2, 0) is 4.79 Å². The molecular formula is C8H8BrClO3S. The van der Waals surface area contributed by atoms with Crippen molar-refractivity contribution in [1.82, 2.24) is 0 Å². The number of hydrogen-bond donors (Lipinski definition) is 2. The van der Waals surface area contributed by atoms with E-state index in [2.05, 4.69) is 15.9 Å². The van der Waals surface area contributed by atoms with Crippen molar-refractivity contribution >= 4 is 44.8 Å². The highest BCUT2D eigenvalue weighted by Crippen LogP contribution is 2.37. The molecular weight excluding hydrogens is 292 g/mol. The van der Waals surface area contributed by atoms with Crippen molar-refractivity contribution in [3.05, 3.63) is 19.8 Å². The lowest BCUT2D eigenvalue weighted by molar-refractivity contribution is -0.144. The molecule has 0 aromatic carbocycles. The molecule has 0 aliphatic heterocycles. The van der Waals surface area contributed by atoms with Crippen molar-refractivity contribution in [2.75, 3.05) is 0 Å². The second-order valence-corrected chi connectivity index (χ2v) is 5.38. The molecule has 0 saturated carbocycles. The second-order valence-electron chi connectivity index (χ2n) is 2.84. The van der Waals surface area contributed by atoms with Crippen LogP contribution in [0.4, 0.5) is 0 Å². The number of aliphatic carboxylic acids is 1. The van der Waals surface area contributed by atoms with E-state index < -0.39 is 18.0 Å². The molecule has 1 heterocycles. The number of carboxylic acid groups (broad SMARTS) is 1. The summed E-state index contributed by atoms with van der Waals surface area (Å²) in [6, 6.07) is 1.64. The Morgan fingerprint density at radius 2 is 2.29 bits per heavy atom. The summed E-state index contributed by atoms with van der Waals surface area (Å²) in [5.41, 5.74) is 0. The van der Waals surface area contributed by atoms with E-state index in [0.717, 1.165) is 0 Å². The molecule has 6 heteroatoms. The van der Waals surface area contributed by atoms with Crippen molar-refractivity contribution in [3.8, 4) is 0 Å². The van der Waals surface area contributed by atoms with Gasteiger partial charge in [-0.2, -0.15) is 0 Å². The average molecular weight is 300 g/mol. The first kappa shape index (κ1) is 12.0. The maximum Gasteiger partial charge on any atom is 0.309 e. The fourth-order valence-corrected chi connectivity index (χ4v) is 2.72. The topological polar surface area (TPSA) is 57.5 Å². The third-order valence-electron chi connectivity index (χ3n) is 1.82. The minimum absolute atomic E-state index is 0.511. The SMILES string of the molecule is CC(C(=O)O)C(O)c1cc(Br)c(Cl)s1. The minimum atomic E-state index is -1.03. The van der Waals surface area contributed by atoms with Crippen molar-refractivity contribution in [2.24, 2.45) is 5.92 Å². The lowest BCUT2D eigenvalue weighted by Crippen LogP contribution is -2.17. The summed E-state index contributed by atoms with van der Waals surface area (Å²) in [6.45, 7) is 1.45. The number of halogens is 2. The first-order valence-corrected chi connectivity index (χ1v) is 5.77. The Labute approximate surface area is 98.5 Å². The number of carboxylic acids is 1. The van der Waals surface area contributed by atoms with Gasteiger partial charge < -0.3 is 10.2 Å². The molecule has 0 aliphatic rings. The highest BCUT2D eigenvalue weighted by Gasteiger charge is 2.25. The van der Waals surface area contributed by atoms with Crippen LogP contribution >= 0.6 is 38.9 Å². The molecule has 2 atom stereocenters. The minimum Gasteiger partial charge on any atom is -0.481 e. The number of thiophene rings is 1. The van der Waals surface area contributed by atoms with Gasteiger partial charge in [-0.3, -0.25) is 4.79 Å². The van der Waals surface area contributed by atoms with Crippen molar-refractivity contribution in [3.63, 3.8) is 0 Å². The van der Waals surface area contributed by atoms with Gasteiger partial charge in [0.2, 0.25) is 0 Å². The maximum atomic E-state index is 10.6. The number of carbonyl (C=O) groups is 1. The van der Waals surface area contributed by atoms with Crippen LogP contribution in [0.5, 0.6) is 0 Å². The summed E-state index contributed by atoms with van der Waals surface area (Å²) in [5.74, 6) is -1.87. The van der Waals surface area contributed by atoms with Gasteiger partial charge in [0, 0.05) is 9.35 Å². The van der Waals surface area contributed by atoms with Crippen LogP contribution in [0.25, 0.3) is 0 Å². The van der Waals surface area contributed by atoms with Crippen LogP contribution in [-0.4, -0.2) is 16.2 Å². The Bertz CT molecular complexity index is 333. The predicted octanol–water partition coefficient (Wildman–Crippen LogP) is 2.92. The molecule has 2 unspecified atom stereocenters. The molecule has 1 aromatic heterocycles. The normalized spacial score (nSPS) is 15.1. The summed E-state index contributed by atoms with van der Waals surface area (Å²) in [7, 11) is 0. The monoisotopic (exact) mass is 298 g/mol. The number of hydrogen-bond acceptors (Lipinski definition) is 3. The molecule has 0 aliphatic carbocycles. The predicted molar refractivity (Wildman–Crippen MR) is 58.8 cm³/mol. The van der Waals surface area contributed by atoms with E-state index in [9.17, 15) is 9.90 Å². The highest BCUT2D eigenvalue weighted by atomic mass is 79.9. The van der Waals surface area contributed by atoms with E-state index in [1.54, 1.807) is 6.07 Å². The zero-order chi connectivity index (χ0) is 10.9. The average Bonchev–Trinajstić information content (AvgIpc) is 2.44. The van der Waals surface area contributed by atoms with Crippen LogP contribution < -0.4 is 0 Å². The Morgan fingerprint density at radius 3 is 2.64 bits per heavy atom. The Kier molecular flexibility index (Phi) is 3.94. The van der Waals surface area contributed by atoms with Gasteiger partial charge in [0.25, 0.3) is 0 Å². The third-order valence-corrected chi connectivity index (χ3v) is 4.36. The van der Waals surface area contributed by atoms with Gasteiger partial charge >= 0.3 is 5.97 Å². The fraction of sp³-hybridized carbons (Fsp3) is 0.375. The number of aliphatic hydroxyl groups is 1. The van der Waals surface area contributed by atoms with Gasteiger partial charge in [0.05, 0.1) is 5.92 Å². The second kappa shape index (κ2) is 4.61. The van der Waals surface area contributed by atoms with Crippen LogP contribution in [0.2, 0.25) is 4.34 Å².